The molecule has 0 aliphatic carbocycles. The molecule has 0 N–H and O–H groups in total. The van der Waals surface area contributed by atoms with E-state index in [1.54, 1.807) is 6.20 Å². The number of rotatable bonds is 5. The largest absolute Gasteiger partial charge is 0.493 e. The molecule has 0 aliphatic rings. The highest BCUT2D eigenvalue weighted by atomic mass is 32.2. The zero-order valence-electron chi connectivity index (χ0n) is 10.0. The average molecular weight is 266 g/mol. The topological polar surface area (TPSA) is 69.2 Å². The Kier molecular flexibility index (Phi) is 3.76. The van der Waals surface area contributed by atoms with Gasteiger partial charge in [-0.05, 0) is 18.6 Å². The Balaban J connectivity index is 1.96. The van der Waals surface area contributed by atoms with Crippen molar-refractivity contribution in [2.75, 3.05) is 18.6 Å². The van der Waals surface area contributed by atoms with Gasteiger partial charge in [-0.2, -0.15) is 0 Å². The second kappa shape index (κ2) is 5.30. The Morgan fingerprint density at radius 3 is 2.94 bits per heavy atom. The van der Waals surface area contributed by atoms with Crippen molar-refractivity contribution in [1.82, 2.24) is 9.97 Å². The number of hydrogen-bond acceptors (Lipinski definition) is 5. The summed E-state index contributed by atoms with van der Waals surface area (Å²) in [5.41, 5.74) is 0.811. The molecule has 0 fully saturated rings. The predicted molar refractivity (Wildman–Crippen MR) is 69.4 cm³/mol. The molecule has 96 valence electrons. The normalized spacial score (nSPS) is 11.6. The minimum absolute atomic E-state index is 0.142. The molecule has 2 aromatic rings. The lowest BCUT2D eigenvalue weighted by atomic mass is 10.2. The Morgan fingerprint density at radius 2 is 2.17 bits per heavy atom. The Hall–Kier alpha value is -1.69. The van der Waals surface area contributed by atoms with Gasteiger partial charge in [0.2, 0.25) is 0 Å². The maximum Gasteiger partial charge on any atom is 0.147 e. The van der Waals surface area contributed by atoms with Crippen LogP contribution in [-0.2, 0) is 9.84 Å². The minimum atomic E-state index is -2.91. The van der Waals surface area contributed by atoms with Gasteiger partial charge >= 0.3 is 0 Å². The number of nitrogens with zero attached hydrogens (tertiary/aromatic N) is 2. The molecule has 2 rings (SSSR count). The van der Waals surface area contributed by atoms with Crippen molar-refractivity contribution in [3.05, 3.63) is 30.7 Å². The lowest BCUT2D eigenvalue weighted by molar-refractivity contribution is 0.318. The maximum absolute atomic E-state index is 10.9. The van der Waals surface area contributed by atoms with Gasteiger partial charge in [-0.3, -0.25) is 0 Å². The number of benzene rings is 1. The standard InChI is InChI=1S/C12H14N2O3S/c1-18(15,16)6-2-5-17-11-4-3-10-8-13-9-14-12(10)7-11/h3-4,7-9H,2,5-6H2,1H3. The van der Waals surface area contributed by atoms with Crippen molar-refractivity contribution in [3.63, 3.8) is 0 Å². The molecule has 6 heteroatoms. The Labute approximate surface area is 106 Å². The third kappa shape index (κ3) is 3.66. The van der Waals surface area contributed by atoms with E-state index in [0.29, 0.717) is 18.8 Å². The summed E-state index contributed by atoms with van der Waals surface area (Å²) < 4.78 is 27.4. The molecule has 0 unspecified atom stereocenters. The van der Waals surface area contributed by atoms with Gasteiger partial charge < -0.3 is 4.74 Å². The third-order valence-corrected chi connectivity index (χ3v) is 3.44. The van der Waals surface area contributed by atoms with Crippen molar-refractivity contribution in [2.45, 2.75) is 6.42 Å². The van der Waals surface area contributed by atoms with E-state index < -0.39 is 9.84 Å². The van der Waals surface area contributed by atoms with E-state index in [9.17, 15) is 8.42 Å². The fraction of sp³-hybridized carbons (Fsp3) is 0.333. The molecule has 1 aromatic carbocycles. The highest BCUT2D eigenvalue weighted by molar-refractivity contribution is 7.90. The smallest absolute Gasteiger partial charge is 0.147 e. The molecule has 0 saturated heterocycles. The summed E-state index contributed by atoms with van der Waals surface area (Å²) in [6.07, 6.45) is 4.92. The fourth-order valence-electron chi connectivity index (χ4n) is 1.55. The molecule has 0 radical (unpaired) electrons. The molecule has 1 aromatic heterocycles. The monoisotopic (exact) mass is 266 g/mol. The van der Waals surface area contributed by atoms with Crippen LogP contribution in [0.5, 0.6) is 5.75 Å². The first kappa shape index (κ1) is 12.8. The van der Waals surface area contributed by atoms with E-state index in [-0.39, 0.29) is 5.75 Å². The van der Waals surface area contributed by atoms with Gasteiger partial charge in [0.25, 0.3) is 0 Å². The van der Waals surface area contributed by atoms with Gasteiger partial charge in [0.15, 0.2) is 0 Å². The van der Waals surface area contributed by atoms with E-state index in [0.717, 1.165) is 10.9 Å². The molecule has 1 heterocycles. The van der Waals surface area contributed by atoms with Crippen molar-refractivity contribution < 1.29 is 13.2 Å². The van der Waals surface area contributed by atoms with E-state index in [1.807, 2.05) is 18.2 Å². The van der Waals surface area contributed by atoms with Crippen LogP contribution in [0.2, 0.25) is 0 Å². The minimum Gasteiger partial charge on any atom is -0.493 e. The van der Waals surface area contributed by atoms with Crippen molar-refractivity contribution in [3.8, 4) is 5.75 Å². The average Bonchev–Trinajstić information content (AvgIpc) is 2.33. The van der Waals surface area contributed by atoms with Crippen LogP contribution in [0.3, 0.4) is 0 Å². The van der Waals surface area contributed by atoms with Gasteiger partial charge in [-0.1, -0.05) is 0 Å². The molecule has 0 saturated carbocycles. The summed E-state index contributed by atoms with van der Waals surface area (Å²) in [5, 5.41) is 0.945. The summed E-state index contributed by atoms with van der Waals surface area (Å²) >= 11 is 0. The first-order valence-corrected chi connectivity index (χ1v) is 7.61. The maximum atomic E-state index is 10.9. The summed E-state index contributed by atoms with van der Waals surface area (Å²) in [5.74, 6) is 0.831. The highest BCUT2D eigenvalue weighted by Gasteiger charge is 2.02. The number of fused-ring (bicyclic) bond motifs is 1. The van der Waals surface area contributed by atoms with E-state index in [2.05, 4.69) is 9.97 Å². The Bertz CT molecular complexity index is 641. The van der Waals surface area contributed by atoms with E-state index in [4.69, 9.17) is 4.74 Å². The molecule has 0 atom stereocenters. The second-order valence-corrected chi connectivity index (χ2v) is 6.34. The fourth-order valence-corrected chi connectivity index (χ4v) is 2.20. The molecule has 0 aliphatic heterocycles. The first-order valence-electron chi connectivity index (χ1n) is 5.55. The van der Waals surface area contributed by atoms with Crippen LogP contribution in [0.4, 0.5) is 0 Å². The van der Waals surface area contributed by atoms with Crippen molar-refractivity contribution >= 4 is 20.7 Å². The van der Waals surface area contributed by atoms with Gasteiger partial charge in [-0.15, -0.1) is 0 Å². The summed E-state index contributed by atoms with van der Waals surface area (Å²) in [4.78, 5) is 8.05. The van der Waals surface area contributed by atoms with Gasteiger partial charge in [0, 0.05) is 23.9 Å². The zero-order chi connectivity index (χ0) is 13.0. The number of sulfone groups is 1. The number of aromatic nitrogens is 2. The quantitative estimate of drug-likeness (QED) is 0.766. The molecule has 18 heavy (non-hydrogen) atoms. The van der Waals surface area contributed by atoms with Gasteiger partial charge in [-0.25, -0.2) is 18.4 Å². The van der Waals surface area contributed by atoms with Gasteiger partial charge in [0.05, 0.1) is 17.9 Å². The summed E-state index contributed by atoms with van der Waals surface area (Å²) in [6.45, 7) is 0.379. The first-order chi connectivity index (χ1) is 8.54. The van der Waals surface area contributed by atoms with E-state index in [1.165, 1.54) is 12.6 Å². The molecular formula is C12H14N2O3S. The summed E-state index contributed by atoms with van der Waals surface area (Å²) in [7, 11) is -2.91. The zero-order valence-corrected chi connectivity index (χ0v) is 10.9. The lowest BCUT2D eigenvalue weighted by Crippen LogP contribution is -2.07. The predicted octanol–water partition coefficient (Wildman–Crippen LogP) is 1.44. The van der Waals surface area contributed by atoms with Crippen LogP contribution < -0.4 is 4.74 Å². The Morgan fingerprint density at radius 1 is 1.33 bits per heavy atom. The van der Waals surface area contributed by atoms with Crippen LogP contribution in [0, 0.1) is 0 Å². The third-order valence-electron chi connectivity index (χ3n) is 2.41. The molecule has 0 amide bonds. The molecule has 0 spiro atoms. The van der Waals surface area contributed by atoms with Gasteiger partial charge in [0.1, 0.15) is 21.9 Å². The highest BCUT2D eigenvalue weighted by Crippen LogP contribution is 2.18. The van der Waals surface area contributed by atoms with Crippen LogP contribution in [-0.4, -0.2) is 37.0 Å². The number of ether oxygens (including phenoxy) is 1. The van der Waals surface area contributed by atoms with Crippen LogP contribution in [0.15, 0.2) is 30.7 Å². The SMILES string of the molecule is CS(=O)(=O)CCCOc1ccc2cncnc2c1. The van der Waals surface area contributed by atoms with Crippen LogP contribution in [0.25, 0.3) is 10.9 Å². The molecule has 5 nitrogen and oxygen atoms in total. The molecular weight excluding hydrogens is 252 g/mol. The second-order valence-electron chi connectivity index (χ2n) is 4.08. The number of hydrogen-bond donors (Lipinski definition) is 0. The lowest BCUT2D eigenvalue weighted by Gasteiger charge is -2.06. The van der Waals surface area contributed by atoms with Crippen molar-refractivity contribution in [2.24, 2.45) is 0 Å². The van der Waals surface area contributed by atoms with Crippen molar-refractivity contribution in [1.29, 1.82) is 0 Å². The van der Waals surface area contributed by atoms with E-state index >= 15 is 0 Å². The summed E-state index contributed by atoms with van der Waals surface area (Å²) in [6, 6.07) is 5.52. The van der Waals surface area contributed by atoms with Crippen LogP contribution >= 0.6 is 0 Å². The van der Waals surface area contributed by atoms with Crippen LogP contribution in [0.1, 0.15) is 6.42 Å². The molecule has 0 bridgehead atoms.